The summed E-state index contributed by atoms with van der Waals surface area (Å²) < 4.78 is 1.89. The summed E-state index contributed by atoms with van der Waals surface area (Å²) in [5, 5.41) is 11.1. The van der Waals surface area contributed by atoms with Crippen molar-refractivity contribution in [1.29, 1.82) is 5.26 Å². The van der Waals surface area contributed by atoms with Crippen LogP contribution >= 0.6 is 12.2 Å². The van der Waals surface area contributed by atoms with Gasteiger partial charge in [0.1, 0.15) is 6.07 Å². The number of nitrogens with zero attached hydrogens (tertiary/aromatic N) is 3. The molecule has 0 atom stereocenters. The van der Waals surface area contributed by atoms with Crippen LogP contribution in [0.25, 0.3) is 11.3 Å². The largest absolute Gasteiger partial charge is 0.337 e. The third-order valence-electron chi connectivity index (χ3n) is 4.84. The molecular weight excluding hydrogens is 370 g/mol. The Morgan fingerprint density at radius 2 is 1.54 bits per heavy atom. The third-order valence-corrected chi connectivity index (χ3v) is 5.08. The maximum Gasteiger partial charge on any atom is 0.261 e. The number of amides is 2. The topological polar surface area (TPSA) is 66.1 Å². The molecule has 2 heterocycles. The number of aromatic nitrogens is 1. The number of hydrogen-bond acceptors (Lipinski definition) is 4. The number of benzene rings is 2. The van der Waals surface area contributed by atoms with Crippen molar-refractivity contribution in [2.45, 2.75) is 6.54 Å². The van der Waals surface area contributed by atoms with Gasteiger partial charge in [0.05, 0.1) is 28.1 Å². The zero-order valence-corrected chi connectivity index (χ0v) is 15.6. The Hall–Kier alpha value is -3.56. The molecule has 2 aromatic carbocycles. The van der Waals surface area contributed by atoms with E-state index in [0.29, 0.717) is 28.9 Å². The number of carbonyl (C=O) groups is 2. The van der Waals surface area contributed by atoms with Gasteiger partial charge < -0.3 is 4.57 Å². The molecule has 1 aliphatic heterocycles. The van der Waals surface area contributed by atoms with Crippen molar-refractivity contribution in [1.82, 2.24) is 9.47 Å². The first-order valence-corrected chi connectivity index (χ1v) is 9.22. The van der Waals surface area contributed by atoms with Crippen LogP contribution in [-0.4, -0.2) is 33.2 Å². The Morgan fingerprint density at radius 1 is 0.929 bits per heavy atom. The molecule has 0 spiro atoms. The zero-order valence-electron chi connectivity index (χ0n) is 14.8. The molecule has 4 rings (SSSR count). The van der Waals surface area contributed by atoms with Crippen molar-refractivity contribution in [3.63, 3.8) is 0 Å². The number of nitriles is 1. The summed E-state index contributed by atoms with van der Waals surface area (Å²) in [7, 11) is 0. The van der Waals surface area contributed by atoms with Crippen LogP contribution in [0.2, 0.25) is 0 Å². The molecule has 0 saturated carbocycles. The number of imide groups is 1. The van der Waals surface area contributed by atoms with Crippen molar-refractivity contribution >= 4 is 29.4 Å². The minimum absolute atomic E-state index is 0.196. The van der Waals surface area contributed by atoms with Gasteiger partial charge in [-0.15, -0.1) is 0 Å². The SMILES string of the molecule is N#Cc1cc(C=S)n(CCN2C(=O)c3ccccc3C2=O)c1-c1ccccc1. The second kappa shape index (κ2) is 7.22. The minimum Gasteiger partial charge on any atom is -0.337 e. The summed E-state index contributed by atoms with van der Waals surface area (Å²) in [5.41, 5.74) is 3.67. The van der Waals surface area contributed by atoms with Crippen LogP contribution in [0.3, 0.4) is 0 Å². The van der Waals surface area contributed by atoms with E-state index < -0.39 is 0 Å². The first kappa shape index (κ1) is 17.8. The van der Waals surface area contributed by atoms with E-state index in [4.69, 9.17) is 12.2 Å². The van der Waals surface area contributed by atoms with Gasteiger partial charge in [-0.1, -0.05) is 54.7 Å². The summed E-state index contributed by atoms with van der Waals surface area (Å²) in [4.78, 5) is 26.5. The summed E-state index contributed by atoms with van der Waals surface area (Å²) >= 11 is 5.13. The number of thiocarbonyl (C=S) groups is 1. The molecule has 0 radical (unpaired) electrons. The van der Waals surface area contributed by atoms with Gasteiger partial charge in [0.15, 0.2) is 0 Å². The fourth-order valence-electron chi connectivity index (χ4n) is 3.54. The summed E-state index contributed by atoms with van der Waals surface area (Å²) in [6.45, 7) is 0.543. The van der Waals surface area contributed by atoms with Gasteiger partial charge in [0, 0.05) is 18.5 Å². The maximum atomic E-state index is 12.6. The highest BCUT2D eigenvalue weighted by Gasteiger charge is 2.34. The fraction of sp³-hybridized carbons (Fsp3) is 0.0909. The highest BCUT2D eigenvalue weighted by molar-refractivity contribution is 7.79. The fourth-order valence-corrected chi connectivity index (χ4v) is 3.74. The highest BCUT2D eigenvalue weighted by Crippen LogP contribution is 2.28. The first-order chi connectivity index (χ1) is 13.7. The van der Waals surface area contributed by atoms with Gasteiger partial charge in [-0.3, -0.25) is 14.5 Å². The Labute approximate surface area is 167 Å². The molecule has 3 aromatic rings. The first-order valence-electron chi connectivity index (χ1n) is 8.75. The van der Waals surface area contributed by atoms with Crippen LogP contribution < -0.4 is 0 Å². The van der Waals surface area contributed by atoms with Gasteiger partial charge in [-0.25, -0.2) is 0 Å². The average Bonchev–Trinajstić information content (AvgIpc) is 3.22. The van der Waals surface area contributed by atoms with Gasteiger partial charge in [0.25, 0.3) is 11.8 Å². The quantitative estimate of drug-likeness (QED) is 0.496. The molecule has 0 fully saturated rings. The molecule has 28 heavy (non-hydrogen) atoms. The molecule has 0 aliphatic carbocycles. The molecular formula is C22H15N3O2S. The average molecular weight is 385 g/mol. The second-order valence-corrected chi connectivity index (χ2v) is 6.62. The van der Waals surface area contributed by atoms with Crippen LogP contribution in [0, 0.1) is 11.3 Å². The monoisotopic (exact) mass is 385 g/mol. The Bertz CT molecular complexity index is 1110. The second-order valence-electron chi connectivity index (χ2n) is 6.39. The molecule has 0 bridgehead atoms. The predicted octanol–water partition coefficient (Wildman–Crippen LogP) is 3.67. The van der Waals surface area contributed by atoms with Crippen LogP contribution in [0.15, 0.2) is 60.7 Å². The van der Waals surface area contributed by atoms with Crippen molar-refractivity contribution in [3.8, 4) is 17.3 Å². The summed E-state index contributed by atoms with van der Waals surface area (Å²) in [6.07, 6.45) is 0. The lowest BCUT2D eigenvalue weighted by atomic mass is 10.1. The molecule has 0 N–H and O–H groups in total. The summed E-state index contributed by atoms with van der Waals surface area (Å²) in [6, 6.07) is 20.3. The molecule has 1 aromatic heterocycles. The van der Waals surface area contributed by atoms with Crippen LogP contribution in [0.5, 0.6) is 0 Å². The zero-order chi connectivity index (χ0) is 19.7. The Balaban J connectivity index is 1.69. The third kappa shape index (κ3) is 2.82. The predicted molar refractivity (Wildman–Crippen MR) is 109 cm³/mol. The van der Waals surface area contributed by atoms with Gasteiger partial charge in [-0.2, -0.15) is 5.26 Å². The van der Waals surface area contributed by atoms with E-state index in [0.717, 1.165) is 11.3 Å². The lowest BCUT2D eigenvalue weighted by Crippen LogP contribution is -2.33. The van der Waals surface area contributed by atoms with E-state index in [2.05, 4.69) is 6.07 Å². The van der Waals surface area contributed by atoms with Crippen LogP contribution in [0.1, 0.15) is 32.0 Å². The number of fused-ring (bicyclic) bond motifs is 1. The Morgan fingerprint density at radius 3 is 2.11 bits per heavy atom. The summed E-state index contributed by atoms with van der Waals surface area (Å²) in [5.74, 6) is -0.586. The smallest absolute Gasteiger partial charge is 0.261 e. The molecule has 6 heteroatoms. The highest BCUT2D eigenvalue weighted by atomic mass is 32.1. The molecule has 2 amide bonds. The number of carbonyl (C=O) groups excluding carboxylic acids is 2. The van der Waals surface area contributed by atoms with Crippen molar-refractivity contribution in [2.24, 2.45) is 0 Å². The van der Waals surface area contributed by atoms with E-state index in [9.17, 15) is 14.9 Å². The number of rotatable bonds is 5. The van der Waals surface area contributed by atoms with Gasteiger partial charge in [-0.05, 0) is 23.8 Å². The van der Waals surface area contributed by atoms with E-state index in [1.54, 1.807) is 30.3 Å². The molecule has 5 nitrogen and oxygen atoms in total. The van der Waals surface area contributed by atoms with Crippen molar-refractivity contribution in [3.05, 3.63) is 83.0 Å². The van der Waals surface area contributed by atoms with Crippen molar-refractivity contribution < 1.29 is 9.59 Å². The lowest BCUT2D eigenvalue weighted by molar-refractivity contribution is 0.0649. The van der Waals surface area contributed by atoms with Crippen LogP contribution in [-0.2, 0) is 6.54 Å². The van der Waals surface area contributed by atoms with Gasteiger partial charge >= 0.3 is 0 Å². The normalized spacial score (nSPS) is 12.8. The molecule has 0 unspecified atom stereocenters. The lowest BCUT2D eigenvalue weighted by Gasteiger charge is -2.17. The molecule has 136 valence electrons. The minimum atomic E-state index is -0.293. The van der Waals surface area contributed by atoms with E-state index >= 15 is 0 Å². The Kier molecular flexibility index (Phi) is 4.60. The van der Waals surface area contributed by atoms with E-state index in [1.807, 2.05) is 34.9 Å². The maximum absolute atomic E-state index is 12.6. The van der Waals surface area contributed by atoms with Gasteiger partial charge in [0.2, 0.25) is 0 Å². The van der Waals surface area contributed by atoms with Crippen LogP contribution in [0.4, 0.5) is 0 Å². The van der Waals surface area contributed by atoms with E-state index in [1.165, 1.54) is 10.3 Å². The van der Waals surface area contributed by atoms with Crippen molar-refractivity contribution in [2.75, 3.05) is 6.54 Å². The van der Waals surface area contributed by atoms with E-state index in [-0.39, 0.29) is 18.4 Å². The standard InChI is InChI=1S/C22H15N3O2S/c23-13-16-12-17(14-28)24(20(16)15-6-2-1-3-7-15)10-11-25-21(26)18-8-4-5-9-19(18)22(25)27/h1-9,12,14H,10-11H2. The number of hydrogen-bond donors (Lipinski definition) is 0. The molecule has 0 saturated heterocycles. The molecule has 1 aliphatic rings.